The van der Waals surface area contributed by atoms with Crippen molar-refractivity contribution in [3.05, 3.63) is 46.9 Å². The van der Waals surface area contributed by atoms with Crippen LogP contribution in [-0.2, 0) is 16.9 Å². The van der Waals surface area contributed by atoms with Crippen LogP contribution in [0.4, 0.5) is 4.79 Å². The molecule has 2 aliphatic heterocycles. The van der Waals surface area contributed by atoms with Crippen LogP contribution in [-0.4, -0.2) is 30.1 Å². The Hall–Kier alpha value is -2.67. The van der Waals surface area contributed by atoms with Crippen molar-refractivity contribution < 1.29 is 23.5 Å². The molecule has 2 aromatic rings. The van der Waals surface area contributed by atoms with E-state index in [1.165, 1.54) is 6.26 Å². The van der Waals surface area contributed by atoms with Crippen molar-refractivity contribution in [2.75, 3.05) is 13.2 Å². The first-order chi connectivity index (χ1) is 12.0. The predicted molar refractivity (Wildman–Crippen MR) is 87.6 cm³/mol. The number of nitrogens with zero attached hydrogens (tertiary/aromatic N) is 1. The number of furan rings is 1. The average molecular weight is 363 g/mol. The molecule has 0 radical (unpaired) electrons. The Morgan fingerprint density at radius 2 is 2.08 bits per heavy atom. The minimum Gasteiger partial charge on any atom is -0.486 e. The Morgan fingerprint density at radius 3 is 2.84 bits per heavy atom. The summed E-state index contributed by atoms with van der Waals surface area (Å²) in [6.45, 7) is 2.53. The Kier molecular flexibility index (Phi) is 3.61. The molecule has 0 spiro atoms. The topological polar surface area (TPSA) is 81.0 Å². The van der Waals surface area contributed by atoms with Crippen molar-refractivity contribution in [3.63, 3.8) is 0 Å². The van der Waals surface area contributed by atoms with Crippen LogP contribution in [0, 0.1) is 0 Å². The van der Waals surface area contributed by atoms with Gasteiger partial charge in [0, 0.05) is 0 Å². The summed E-state index contributed by atoms with van der Waals surface area (Å²) in [6.07, 6.45) is 1.46. The molecule has 0 aliphatic carbocycles. The van der Waals surface area contributed by atoms with E-state index in [-0.39, 0.29) is 6.54 Å². The number of hydrogen-bond donors (Lipinski definition) is 1. The van der Waals surface area contributed by atoms with Crippen LogP contribution < -0.4 is 14.8 Å². The second-order valence-electron chi connectivity index (χ2n) is 6.03. The van der Waals surface area contributed by atoms with Crippen LogP contribution in [0.15, 0.2) is 34.9 Å². The molecule has 25 heavy (non-hydrogen) atoms. The Balaban J connectivity index is 1.62. The summed E-state index contributed by atoms with van der Waals surface area (Å²) in [7, 11) is 0. The highest BCUT2D eigenvalue weighted by Gasteiger charge is 2.50. The molecular formula is C17H15ClN2O5. The molecule has 3 heterocycles. The number of benzene rings is 1. The monoisotopic (exact) mass is 362 g/mol. The molecule has 0 saturated carbocycles. The molecule has 3 amide bonds. The number of ether oxygens (including phenoxy) is 2. The van der Waals surface area contributed by atoms with Crippen LogP contribution >= 0.6 is 11.6 Å². The van der Waals surface area contributed by atoms with Gasteiger partial charge in [-0.25, -0.2) is 4.79 Å². The van der Waals surface area contributed by atoms with Gasteiger partial charge < -0.3 is 19.2 Å². The van der Waals surface area contributed by atoms with Gasteiger partial charge >= 0.3 is 6.03 Å². The van der Waals surface area contributed by atoms with Crippen molar-refractivity contribution >= 4 is 23.5 Å². The number of halogens is 1. The number of carbonyl (C=O) groups excluding carboxylic acids is 2. The Bertz CT molecular complexity index is 851. The van der Waals surface area contributed by atoms with Crippen molar-refractivity contribution in [3.8, 4) is 11.5 Å². The third-order valence-corrected chi connectivity index (χ3v) is 4.57. The van der Waals surface area contributed by atoms with E-state index in [1.54, 1.807) is 31.2 Å². The summed E-state index contributed by atoms with van der Waals surface area (Å²) >= 11 is 6.22. The van der Waals surface area contributed by atoms with Gasteiger partial charge in [-0.2, -0.15) is 0 Å². The van der Waals surface area contributed by atoms with Gasteiger partial charge in [-0.1, -0.05) is 11.6 Å². The fourth-order valence-corrected chi connectivity index (χ4v) is 3.30. The highest BCUT2D eigenvalue weighted by molar-refractivity contribution is 6.32. The summed E-state index contributed by atoms with van der Waals surface area (Å²) < 4.78 is 16.3. The molecule has 1 atom stereocenters. The molecule has 1 saturated heterocycles. The third-order valence-electron chi connectivity index (χ3n) is 4.29. The van der Waals surface area contributed by atoms with Gasteiger partial charge in [0.2, 0.25) is 0 Å². The van der Waals surface area contributed by atoms with E-state index in [4.69, 9.17) is 25.5 Å². The van der Waals surface area contributed by atoms with Crippen LogP contribution in [0.5, 0.6) is 11.5 Å². The molecule has 1 N–H and O–H groups in total. The summed E-state index contributed by atoms with van der Waals surface area (Å²) in [6, 6.07) is 6.23. The lowest BCUT2D eigenvalue weighted by Gasteiger charge is -2.22. The maximum Gasteiger partial charge on any atom is 0.325 e. The zero-order valence-corrected chi connectivity index (χ0v) is 14.1. The smallest absolute Gasteiger partial charge is 0.325 e. The number of carbonyl (C=O) groups is 2. The molecule has 130 valence electrons. The van der Waals surface area contributed by atoms with Crippen LogP contribution in [0.1, 0.15) is 18.2 Å². The van der Waals surface area contributed by atoms with Crippen LogP contribution in [0.2, 0.25) is 5.02 Å². The highest BCUT2D eigenvalue weighted by atomic mass is 35.5. The molecule has 1 aromatic carbocycles. The van der Waals surface area contributed by atoms with E-state index in [1.807, 2.05) is 0 Å². The maximum absolute atomic E-state index is 12.8. The standard InChI is InChI=1S/C17H15ClN2O5/c1-17(13-3-2-4-24-13)15(21)20(16(22)19-17)9-10-7-11(18)14-12(8-10)23-5-6-25-14/h2-4,7-8H,5-6,9H2,1H3,(H,19,22). The third kappa shape index (κ3) is 2.51. The second kappa shape index (κ2) is 5.70. The summed E-state index contributed by atoms with van der Waals surface area (Å²) in [5, 5.41) is 3.07. The number of fused-ring (bicyclic) bond motifs is 1. The van der Waals surface area contributed by atoms with Gasteiger partial charge in [0.25, 0.3) is 5.91 Å². The number of urea groups is 1. The van der Waals surface area contributed by atoms with Gasteiger partial charge in [-0.3, -0.25) is 9.69 Å². The van der Waals surface area contributed by atoms with E-state index in [0.29, 0.717) is 41.1 Å². The van der Waals surface area contributed by atoms with E-state index in [0.717, 1.165) is 4.90 Å². The SMILES string of the molecule is CC1(c2ccco2)NC(=O)N(Cc2cc(Cl)c3c(c2)OCCO3)C1=O. The lowest BCUT2D eigenvalue weighted by Crippen LogP contribution is -2.40. The maximum atomic E-state index is 12.8. The van der Waals surface area contributed by atoms with Crippen LogP contribution in [0.25, 0.3) is 0 Å². The number of hydrogen-bond acceptors (Lipinski definition) is 5. The largest absolute Gasteiger partial charge is 0.486 e. The minimum absolute atomic E-state index is 0.0668. The molecule has 2 aliphatic rings. The number of imide groups is 1. The van der Waals surface area contributed by atoms with E-state index < -0.39 is 17.5 Å². The molecule has 4 rings (SSSR count). The summed E-state index contributed by atoms with van der Waals surface area (Å²) in [5.41, 5.74) is -0.556. The molecule has 1 unspecified atom stereocenters. The summed E-state index contributed by atoms with van der Waals surface area (Å²) in [4.78, 5) is 26.3. The zero-order chi connectivity index (χ0) is 17.6. The van der Waals surface area contributed by atoms with Gasteiger partial charge in [0.05, 0.1) is 17.8 Å². The van der Waals surface area contributed by atoms with Crippen molar-refractivity contribution in [2.45, 2.75) is 19.0 Å². The molecular weight excluding hydrogens is 348 g/mol. The molecule has 8 heteroatoms. The average Bonchev–Trinajstić information content (AvgIpc) is 3.20. The minimum atomic E-state index is -1.22. The zero-order valence-electron chi connectivity index (χ0n) is 13.4. The lowest BCUT2D eigenvalue weighted by molar-refractivity contribution is -0.132. The summed E-state index contributed by atoms with van der Waals surface area (Å²) in [5.74, 6) is 0.982. The number of rotatable bonds is 3. The van der Waals surface area contributed by atoms with Crippen molar-refractivity contribution in [2.24, 2.45) is 0 Å². The molecule has 7 nitrogen and oxygen atoms in total. The number of amides is 3. The number of nitrogens with one attached hydrogen (secondary N) is 1. The first-order valence-corrected chi connectivity index (χ1v) is 8.13. The van der Waals surface area contributed by atoms with Gasteiger partial charge in [-0.05, 0) is 36.8 Å². The fraction of sp³-hybridized carbons (Fsp3) is 0.294. The molecule has 1 aromatic heterocycles. The Morgan fingerprint density at radius 1 is 1.28 bits per heavy atom. The lowest BCUT2D eigenvalue weighted by atomic mass is 9.99. The van der Waals surface area contributed by atoms with Crippen molar-refractivity contribution in [1.29, 1.82) is 0 Å². The first-order valence-electron chi connectivity index (χ1n) is 7.75. The second-order valence-corrected chi connectivity index (χ2v) is 6.43. The highest BCUT2D eigenvalue weighted by Crippen LogP contribution is 2.39. The van der Waals surface area contributed by atoms with E-state index in [9.17, 15) is 9.59 Å². The quantitative estimate of drug-likeness (QED) is 0.849. The fourth-order valence-electron chi connectivity index (χ4n) is 3.01. The molecule has 0 bridgehead atoms. The van der Waals surface area contributed by atoms with Crippen molar-refractivity contribution in [1.82, 2.24) is 10.2 Å². The van der Waals surface area contributed by atoms with Gasteiger partial charge in [0.1, 0.15) is 19.0 Å². The van der Waals surface area contributed by atoms with Crippen LogP contribution in [0.3, 0.4) is 0 Å². The molecule has 1 fully saturated rings. The van der Waals surface area contributed by atoms with E-state index >= 15 is 0 Å². The Labute approximate surface area is 148 Å². The van der Waals surface area contributed by atoms with Gasteiger partial charge in [-0.15, -0.1) is 0 Å². The first kappa shape index (κ1) is 15.8. The van der Waals surface area contributed by atoms with E-state index in [2.05, 4.69) is 5.32 Å². The van der Waals surface area contributed by atoms with Gasteiger partial charge in [0.15, 0.2) is 17.0 Å². The normalized spacial score (nSPS) is 22.2. The predicted octanol–water partition coefficient (Wildman–Crippen LogP) is 2.67.